The minimum Gasteiger partial charge on any atom is -0.351 e. The lowest BCUT2D eigenvalue weighted by Crippen LogP contribution is -2.33. The molecule has 1 aromatic rings. The second kappa shape index (κ2) is 7.09. The fourth-order valence-corrected chi connectivity index (χ4v) is 3.55. The normalized spacial score (nSPS) is 11.6. The molecule has 1 N–H and O–H groups in total. The monoisotopic (exact) mass is 281 g/mol. The summed E-state index contributed by atoms with van der Waals surface area (Å²) >= 11 is 1.60. The number of thiophene rings is 1. The quantitative estimate of drug-likeness (QED) is 0.828. The van der Waals surface area contributed by atoms with Crippen LogP contribution in [0.1, 0.15) is 54.7 Å². The minimum absolute atomic E-state index is 0.0825. The molecule has 0 radical (unpaired) electrons. The van der Waals surface area contributed by atoms with E-state index in [1.807, 2.05) is 6.07 Å². The molecular formula is C16H27NOS. The third kappa shape index (κ3) is 4.34. The first-order valence-corrected chi connectivity index (χ1v) is 8.05. The predicted molar refractivity (Wildman–Crippen MR) is 83.9 cm³/mol. The van der Waals surface area contributed by atoms with Gasteiger partial charge >= 0.3 is 0 Å². The maximum atomic E-state index is 12.2. The van der Waals surface area contributed by atoms with Crippen molar-refractivity contribution in [2.45, 2.75) is 48.0 Å². The van der Waals surface area contributed by atoms with Crippen molar-refractivity contribution in [1.82, 2.24) is 5.32 Å². The number of amides is 1. The summed E-state index contributed by atoms with van der Waals surface area (Å²) in [6, 6.07) is 2.04. The van der Waals surface area contributed by atoms with Crippen LogP contribution in [0.2, 0.25) is 0 Å². The smallest absolute Gasteiger partial charge is 0.261 e. The zero-order chi connectivity index (χ0) is 14.6. The first-order valence-electron chi connectivity index (χ1n) is 7.24. The Morgan fingerprint density at radius 3 is 2.26 bits per heavy atom. The fourth-order valence-electron chi connectivity index (χ4n) is 2.52. The van der Waals surface area contributed by atoms with Gasteiger partial charge in [-0.2, -0.15) is 0 Å². The van der Waals surface area contributed by atoms with Crippen molar-refractivity contribution >= 4 is 17.2 Å². The number of carbonyl (C=O) groups excluding carboxylic acids is 1. The molecule has 108 valence electrons. The van der Waals surface area contributed by atoms with Crippen molar-refractivity contribution in [3.8, 4) is 0 Å². The number of nitrogens with one attached hydrogen (secondary N) is 1. The Balaban J connectivity index is 2.64. The summed E-state index contributed by atoms with van der Waals surface area (Å²) in [5.74, 6) is 1.81. The lowest BCUT2D eigenvalue weighted by Gasteiger charge is -2.24. The van der Waals surface area contributed by atoms with E-state index in [0.717, 1.165) is 17.8 Å². The summed E-state index contributed by atoms with van der Waals surface area (Å²) in [6.45, 7) is 13.9. The molecule has 0 aliphatic heterocycles. The molecule has 0 aromatic carbocycles. The number of carbonyl (C=O) groups is 1. The van der Waals surface area contributed by atoms with Gasteiger partial charge in [0, 0.05) is 11.4 Å². The summed E-state index contributed by atoms with van der Waals surface area (Å²) in [5.41, 5.74) is 1.29. The molecule has 0 aliphatic rings. The molecule has 0 spiro atoms. The first kappa shape index (κ1) is 16.2. The van der Waals surface area contributed by atoms with Crippen LogP contribution in [0, 0.1) is 24.7 Å². The Morgan fingerprint density at radius 1 is 1.26 bits per heavy atom. The van der Waals surface area contributed by atoms with Crippen molar-refractivity contribution in [2.75, 3.05) is 6.54 Å². The highest BCUT2D eigenvalue weighted by atomic mass is 32.1. The van der Waals surface area contributed by atoms with Crippen LogP contribution in [-0.2, 0) is 6.42 Å². The van der Waals surface area contributed by atoms with Crippen molar-refractivity contribution < 1.29 is 4.79 Å². The van der Waals surface area contributed by atoms with Gasteiger partial charge in [-0.1, -0.05) is 34.6 Å². The maximum Gasteiger partial charge on any atom is 0.261 e. The van der Waals surface area contributed by atoms with Crippen molar-refractivity contribution in [1.29, 1.82) is 0 Å². The summed E-state index contributed by atoms with van der Waals surface area (Å²) in [6.07, 6.45) is 0.996. The van der Waals surface area contributed by atoms with Gasteiger partial charge in [0.05, 0.1) is 4.88 Å². The highest BCUT2D eigenvalue weighted by molar-refractivity contribution is 7.14. The molecule has 0 saturated heterocycles. The molecular weight excluding hydrogens is 254 g/mol. The van der Waals surface area contributed by atoms with E-state index in [9.17, 15) is 4.79 Å². The van der Waals surface area contributed by atoms with Crippen LogP contribution in [0.4, 0.5) is 0 Å². The van der Waals surface area contributed by atoms with Crippen LogP contribution in [0.25, 0.3) is 0 Å². The summed E-state index contributed by atoms with van der Waals surface area (Å²) in [4.78, 5) is 14.3. The molecule has 0 unspecified atom stereocenters. The zero-order valence-electron chi connectivity index (χ0n) is 13.0. The molecule has 1 heterocycles. The van der Waals surface area contributed by atoms with Crippen LogP contribution < -0.4 is 5.32 Å². The van der Waals surface area contributed by atoms with E-state index in [2.05, 4.69) is 46.9 Å². The van der Waals surface area contributed by atoms with Crippen LogP contribution in [-0.4, -0.2) is 12.5 Å². The van der Waals surface area contributed by atoms with E-state index in [-0.39, 0.29) is 5.91 Å². The zero-order valence-corrected chi connectivity index (χ0v) is 13.9. The third-order valence-electron chi connectivity index (χ3n) is 3.84. The van der Waals surface area contributed by atoms with E-state index in [1.54, 1.807) is 11.3 Å². The second-order valence-corrected chi connectivity index (χ2v) is 7.16. The number of aryl methyl sites for hydroxylation is 2. The molecule has 3 heteroatoms. The molecule has 0 atom stereocenters. The standard InChI is InChI=1S/C16H27NOS/c1-7-13-8-15(19-12(13)6)16(18)17-9-14(10(2)3)11(4)5/h8,10-11,14H,7,9H2,1-6H3,(H,17,18). The topological polar surface area (TPSA) is 29.1 Å². The van der Waals surface area contributed by atoms with Gasteiger partial charge in [-0.3, -0.25) is 4.79 Å². The van der Waals surface area contributed by atoms with E-state index in [0.29, 0.717) is 17.8 Å². The summed E-state index contributed by atoms with van der Waals surface area (Å²) < 4.78 is 0. The van der Waals surface area contributed by atoms with Crippen LogP contribution in [0.15, 0.2) is 6.07 Å². The molecule has 1 rings (SSSR count). The third-order valence-corrected chi connectivity index (χ3v) is 4.93. The summed E-state index contributed by atoms with van der Waals surface area (Å²) in [5, 5.41) is 3.10. The molecule has 1 aromatic heterocycles. The molecule has 0 fully saturated rings. The predicted octanol–water partition coefficient (Wildman–Crippen LogP) is 4.28. The Bertz CT molecular complexity index is 412. The van der Waals surface area contributed by atoms with Gasteiger partial charge in [-0.25, -0.2) is 0 Å². The first-order chi connectivity index (χ1) is 8.86. The Morgan fingerprint density at radius 2 is 1.84 bits per heavy atom. The Hall–Kier alpha value is -0.830. The minimum atomic E-state index is 0.0825. The lowest BCUT2D eigenvalue weighted by atomic mass is 9.85. The number of rotatable bonds is 6. The molecule has 19 heavy (non-hydrogen) atoms. The molecule has 0 aliphatic carbocycles. The highest BCUT2D eigenvalue weighted by Crippen LogP contribution is 2.23. The van der Waals surface area contributed by atoms with E-state index < -0.39 is 0 Å². The molecule has 2 nitrogen and oxygen atoms in total. The van der Waals surface area contributed by atoms with E-state index >= 15 is 0 Å². The highest BCUT2D eigenvalue weighted by Gasteiger charge is 2.19. The van der Waals surface area contributed by atoms with Crippen LogP contribution in [0.3, 0.4) is 0 Å². The largest absolute Gasteiger partial charge is 0.351 e. The van der Waals surface area contributed by atoms with E-state index in [1.165, 1.54) is 10.4 Å². The molecule has 1 amide bonds. The van der Waals surface area contributed by atoms with Crippen molar-refractivity contribution in [3.63, 3.8) is 0 Å². The van der Waals surface area contributed by atoms with E-state index in [4.69, 9.17) is 0 Å². The number of hydrogen-bond acceptors (Lipinski definition) is 2. The van der Waals surface area contributed by atoms with Gasteiger partial charge in [0.25, 0.3) is 5.91 Å². The van der Waals surface area contributed by atoms with Crippen LogP contribution >= 0.6 is 11.3 Å². The molecule has 0 bridgehead atoms. The van der Waals surface area contributed by atoms with Crippen molar-refractivity contribution in [3.05, 3.63) is 21.4 Å². The van der Waals surface area contributed by atoms with Crippen molar-refractivity contribution in [2.24, 2.45) is 17.8 Å². The van der Waals surface area contributed by atoms with Gasteiger partial charge in [0.2, 0.25) is 0 Å². The van der Waals surface area contributed by atoms with Crippen LogP contribution in [0.5, 0.6) is 0 Å². The van der Waals surface area contributed by atoms with Gasteiger partial charge < -0.3 is 5.32 Å². The number of hydrogen-bond donors (Lipinski definition) is 1. The molecule has 0 saturated carbocycles. The van der Waals surface area contributed by atoms with Gasteiger partial charge in [0.15, 0.2) is 0 Å². The second-order valence-electron chi connectivity index (χ2n) is 5.91. The lowest BCUT2D eigenvalue weighted by molar-refractivity contribution is 0.0941. The SMILES string of the molecule is CCc1cc(C(=O)NCC(C(C)C)C(C)C)sc1C. The maximum absolute atomic E-state index is 12.2. The van der Waals surface area contributed by atoms with Gasteiger partial charge in [0.1, 0.15) is 0 Å². The summed E-state index contributed by atoms with van der Waals surface area (Å²) in [7, 11) is 0. The van der Waals surface area contributed by atoms with Gasteiger partial charge in [-0.15, -0.1) is 11.3 Å². The fraction of sp³-hybridized carbons (Fsp3) is 0.688. The average Bonchev–Trinajstić information content (AvgIpc) is 2.69. The van der Waals surface area contributed by atoms with Gasteiger partial charge in [-0.05, 0) is 42.7 Å². The Kier molecular flexibility index (Phi) is 6.05. The Labute approximate surface area is 121 Å². The average molecular weight is 281 g/mol.